The van der Waals surface area contributed by atoms with E-state index >= 15 is 0 Å². The Balaban J connectivity index is 1.83. The molecule has 5 unspecified atom stereocenters. The molecule has 1 amide bonds. The Morgan fingerprint density at radius 2 is 2.00 bits per heavy atom. The summed E-state index contributed by atoms with van der Waals surface area (Å²) in [5.74, 6) is 1.74. The lowest BCUT2D eigenvalue weighted by atomic mass is 9.77. The number of nitrogens with one attached hydrogen (secondary N) is 1. The Morgan fingerprint density at radius 1 is 1.21 bits per heavy atom. The van der Waals surface area contributed by atoms with Gasteiger partial charge in [0.2, 0.25) is 5.91 Å². The van der Waals surface area contributed by atoms with Crippen LogP contribution in [0.3, 0.4) is 0 Å². The Hall–Kier alpha value is -0.570. The number of carbonyl (C=O) groups excluding carboxylic acids is 1. The van der Waals surface area contributed by atoms with Crippen LogP contribution in [-0.4, -0.2) is 18.0 Å². The minimum atomic E-state index is 0.196. The van der Waals surface area contributed by atoms with Gasteiger partial charge in [-0.15, -0.1) is 0 Å². The molecule has 0 aliphatic heterocycles. The standard InChI is InChI=1S/C16H30N2O/c1-3-12-5-4-6-14(10-12)18-16(19)15-8-7-13(17)9-11(15)2/h11-15H,3-10,17H2,1-2H3,(H,18,19). The van der Waals surface area contributed by atoms with Gasteiger partial charge in [0.1, 0.15) is 0 Å². The fraction of sp³-hybridized carbons (Fsp3) is 0.938. The second-order valence-electron chi connectivity index (χ2n) is 6.80. The first kappa shape index (κ1) is 14.8. The second-order valence-corrected chi connectivity index (χ2v) is 6.80. The summed E-state index contributed by atoms with van der Waals surface area (Å²) in [6, 6.07) is 0.729. The van der Waals surface area contributed by atoms with Crippen LogP contribution in [0.15, 0.2) is 0 Å². The Bertz CT molecular complexity index is 305. The van der Waals surface area contributed by atoms with Crippen molar-refractivity contribution in [1.82, 2.24) is 5.32 Å². The SMILES string of the molecule is CCC1CCCC(NC(=O)C2CCC(N)CC2C)C1. The molecule has 2 aliphatic carbocycles. The van der Waals surface area contributed by atoms with Crippen LogP contribution >= 0.6 is 0 Å². The first-order chi connectivity index (χ1) is 9.10. The average molecular weight is 266 g/mol. The topological polar surface area (TPSA) is 55.1 Å². The predicted molar refractivity (Wildman–Crippen MR) is 78.7 cm³/mol. The first-order valence-electron chi connectivity index (χ1n) is 8.16. The summed E-state index contributed by atoms with van der Waals surface area (Å²) in [4.78, 5) is 12.4. The third kappa shape index (κ3) is 3.95. The third-order valence-corrected chi connectivity index (χ3v) is 5.25. The molecule has 0 saturated heterocycles. The zero-order valence-corrected chi connectivity index (χ0v) is 12.5. The van der Waals surface area contributed by atoms with Crippen LogP contribution in [0.1, 0.15) is 65.2 Å². The summed E-state index contributed by atoms with van der Waals surface area (Å²) in [7, 11) is 0. The number of hydrogen-bond acceptors (Lipinski definition) is 2. The fourth-order valence-electron chi connectivity index (χ4n) is 3.93. The van der Waals surface area contributed by atoms with Crippen molar-refractivity contribution in [3.8, 4) is 0 Å². The van der Waals surface area contributed by atoms with Crippen molar-refractivity contribution >= 4 is 5.91 Å². The number of amides is 1. The highest BCUT2D eigenvalue weighted by Gasteiger charge is 2.32. The maximum Gasteiger partial charge on any atom is 0.223 e. The van der Waals surface area contributed by atoms with Gasteiger partial charge in [-0.3, -0.25) is 4.79 Å². The van der Waals surface area contributed by atoms with Gasteiger partial charge in [-0.2, -0.15) is 0 Å². The van der Waals surface area contributed by atoms with Crippen LogP contribution in [0.2, 0.25) is 0 Å². The van der Waals surface area contributed by atoms with Crippen molar-refractivity contribution in [2.24, 2.45) is 23.5 Å². The van der Waals surface area contributed by atoms with E-state index in [1.165, 1.54) is 32.1 Å². The van der Waals surface area contributed by atoms with E-state index in [9.17, 15) is 4.79 Å². The van der Waals surface area contributed by atoms with Crippen LogP contribution in [0, 0.1) is 17.8 Å². The summed E-state index contributed by atoms with van der Waals surface area (Å²) in [5.41, 5.74) is 5.98. The van der Waals surface area contributed by atoms with Crippen molar-refractivity contribution < 1.29 is 4.79 Å². The van der Waals surface area contributed by atoms with Gasteiger partial charge in [0.25, 0.3) is 0 Å². The highest BCUT2D eigenvalue weighted by atomic mass is 16.1. The van der Waals surface area contributed by atoms with E-state index in [2.05, 4.69) is 19.2 Å². The Labute approximate surface area is 117 Å². The molecule has 3 nitrogen and oxygen atoms in total. The molecule has 2 saturated carbocycles. The monoisotopic (exact) mass is 266 g/mol. The molecule has 0 radical (unpaired) electrons. The van der Waals surface area contributed by atoms with Crippen molar-refractivity contribution in [3.63, 3.8) is 0 Å². The summed E-state index contributed by atoms with van der Waals surface area (Å²) in [6.07, 6.45) is 9.20. The minimum Gasteiger partial charge on any atom is -0.353 e. The van der Waals surface area contributed by atoms with E-state index in [0.717, 1.165) is 25.2 Å². The molecule has 0 spiro atoms. The number of hydrogen-bond donors (Lipinski definition) is 2. The predicted octanol–water partition coefficient (Wildman–Crippen LogP) is 2.83. The number of carbonyl (C=O) groups is 1. The number of rotatable bonds is 3. The highest BCUT2D eigenvalue weighted by Crippen LogP contribution is 2.31. The number of nitrogens with two attached hydrogens (primary N) is 1. The molecule has 2 fully saturated rings. The average Bonchev–Trinajstić information content (AvgIpc) is 2.38. The molecule has 0 aromatic heterocycles. The van der Waals surface area contributed by atoms with Gasteiger partial charge >= 0.3 is 0 Å². The van der Waals surface area contributed by atoms with Gasteiger partial charge < -0.3 is 11.1 Å². The van der Waals surface area contributed by atoms with E-state index in [-0.39, 0.29) is 5.92 Å². The lowest BCUT2D eigenvalue weighted by molar-refractivity contribution is -0.128. The van der Waals surface area contributed by atoms with E-state index < -0.39 is 0 Å². The molecule has 5 atom stereocenters. The van der Waals surface area contributed by atoms with Gasteiger partial charge in [0.05, 0.1) is 0 Å². The summed E-state index contributed by atoms with van der Waals surface area (Å²) in [5, 5.41) is 3.32. The third-order valence-electron chi connectivity index (χ3n) is 5.25. The molecule has 0 bridgehead atoms. The van der Waals surface area contributed by atoms with Gasteiger partial charge in [-0.1, -0.05) is 33.1 Å². The molecule has 3 N–H and O–H groups in total. The molecule has 2 aliphatic rings. The quantitative estimate of drug-likeness (QED) is 0.825. The van der Waals surface area contributed by atoms with Crippen molar-refractivity contribution in [2.75, 3.05) is 0 Å². The fourth-order valence-corrected chi connectivity index (χ4v) is 3.93. The van der Waals surface area contributed by atoms with Crippen molar-refractivity contribution in [3.05, 3.63) is 0 Å². The highest BCUT2D eigenvalue weighted by molar-refractivity contribution is 5.79. The molecule has 0 aromatic rings. The molecule has 0 aromatic carbocycles. The Morgan fingerprint density at radius 3 is 2.68 bits per heavy atom. The molecule has 3 heteroatoms. The van der Waals surface area contributed by atoms with Crippen LogP contribution in [0.4, 0.5) is 0 Å². The minimum absolute atomic E-state index is 0.196. The lowest BCUT2D eigenvalue weighted by Gasteiger charge is -2.34. The normalized spacial score (nSPS) is 39.8. The molecular weight excluding hydrogens is 236 g/mol. The van der Waals surface area contributed by atoms with Crippen LogP contribution in [-0.2, 0) is 4.79 Å². The van der Waals surface area contributed by atoms with Crippen LogP contribution < -0.4 is 11.1 Å². The van der Waals surface area contributed by atoms with Gasteiger partial charge in [-0.25, -0.2) is 0 Å². The van der Waals surface area contributed by atoms with E-state index in [1.807, 2.05) is 0 Å². The van der Waals surface area contributed by atoms with Crippen LogP contribution in [0.5, 0.6) is 0 Å². The molecule has 110 valence electrons. The maximum atomic E-state index is 12.4. The maximum absolute atomic E-state index is 12.4. The molecule has 0 heterocycles. The van der Waals surface area contributed by atoms with E-state index in [0.29, 0.717) is 23.9 Å². The van der Waals surface area contributed by atoms with Gasteiger partial charge in [-0.05, 0) is 43.9 Å². The van der Waals surface area contributed by atoms with Gasteiger partial charge in [0, 0.05) is 18.0 Å². The molecule has 19 heavy (non-hydrogen) atoms. The Kier molecular flexibility index (Phi) is 5.26. The van der Waals surface area contributed by atoms with Gasteiger partial charge in [0.15, 0.2) is 0 Å². The summed E-state index contributed by atoms with van der Waals surface area (Å²) < 4.78 is 0. The smallest absolute Gasteiger partial charge is 0.223 e. The molecular formula is C16H30N2O. The van der Waals surface area contributed by atoms with E-state index in [4.69, 9.17) is 5.73 Å². The second kappa shape index (κ2) is 6.74. The zero-order valence-electron chi connectivity index (χ0n) is 12.5. The lowest BCUT2D eigenvalue weighted by Crippen LogP contribution is -2.45. The summed E-state index contributed by atoms with van der Waals surface area (Å²) in [6.45, 7) is 4.44. The van der Waals surface area contributed by atoms with Crippen molar-refractivity contribution in [1.29, 1.82) is 0 Å². The zero-order chi connectivity index (χ0) is 13.8. The largest absolute Gasteiger partial charge is 0.353 e. The van der Waals surface area contributed by atoms with Crippen molar-refractivity contribution in [2.45, 2.75) is 77.3 Å². The van der Waals surface area contributed by atoms with E-state index in [1.54, 1.807) is 0 Å². The van der Waals surface area contributed by atoms with Crippen LogP contribution in [0.25, 0.3) is 0 Å². The molecule has 2 rings (SSSR count). The first-order valence-corrected chi connectivity index (χ1v) is 8.16. The summed E-state index contributed by atoms with van der Waals surface area (Å²) >= 11 is 0.